The van der Waals surface area contributed by atoms with Crippen molar-refractivity contribution in [3.63, 3.8) is 0 Å². The van der Waals surface area contributed by atoms with Crippen molar-refractivity contribution in [1.29, 1.82) is 0 Å². The van der Waals surface area contributed by atoms with Crippen LogP contribution in [0.25, 0.3) is 0 Å². The molecule has 1 atom stereocenters. The molecule has 1 N–H and O–H groups in total. The minimum Gasteiger partial charge on any atom is -0.435 e. The molecule has 0 bridgehead atoms. The molecule has 7 heteroatoms. The van der Waals surface area contributed by atoms with Crippen molar-refractivity contribution in [3.05, 3.63) is 50.1 Å². The molecule has 1 heterocycles. The number of hydrogen-bond acceptors (Lipinski definition) is 3. The first-order chi connectivity index (χ1) is 10.0. The minimum atomic E-state index is -2.83. The van der Waals surface area contributed by atoms with Crippen LogP contribution in [0.4, 0.5) is 8.78 Å². The van der Waals surface area contributed by atoms with E-state index in [1.54, 1.807) is 12.1 Å². The Balaban J connectivity index is 2.28. The molecule has 2 nitrogen and oxygen atoms in total. The van der Waals surface area contributed by atoms with Gasteiger partial charge < -0.3 is 10.1 Å². The van der Waals surface area contributed by atoms with Gasteiger partial charge in [-0.2, -0.15) is 8.78 Å². The van der Waals surface area contributed by atoms with Crippen molar-refractivity contribution in [2.24, 2.45) is 0 Å². The zero-order chi connectivity index (χ0) is 15.4. The molecule has 0 amide bonds. The van der Waals surface area contributed by atoms with Crippen LogP contribution in [0.2, 0.25) is 8.67 Å². The van der Waals surface area contributed by atoms with Gasteiger partial charge in [-0.25, -0.2) is 0 Å². The van der Waals surface area contributed by atoms with Crippen LogP contribution in [-0.2, 0) is 0 Å². The average molecular weight is 352 g/mol. The first-order valence-corrected chi connectivity index (χ1v) is 7.81. The van der Waals surface area contributed by atoms with E-state index < -0.39 is 6.61 Å². The van der Waals surface area contributed by atoms with E-state index in [0.29, 0.717) is 8.67 Å². The second-order valence-corrected chi connectivity index (χ2v) is 6.50. The number of nitrogens with one attached hydrogen (secondary N) is 1. The van der Waals surface area contributed by atoms with Crippen LogP contribution in [-0.4, -0.2) is 13.2 Å². The predicted molar refractivity (Wildman–Crippen MR) is 82.9 cm³/mol. The molecule has 0 aliphatic heterocycles. The second kappa shape index (κ2) is 7.40. The van der Waals surface area contributed by atoms with Gasteiger partial charge in [-0.1, -0.05) is 42.3 Å². The van der Waals surface area contributed by atoms with Crippen molar-refractivity contribution in [2.75, 3.05) is 6.54 Å². The van der Waals surface area contributed by atoms with Gasteiger partial charge in [-0.05, 0) is 30.3 Å². The Hall–Kier alpha value is -0.880. The Kier molecular flexibility index (Phi) is 5.81. The summed E-state index contributed by atoms with van der Waals surface area (Å²) in [7, 11) is 0. The lowest BCUT2D eigenvalue weighted by Gasteiger charge is -2.18. The summed E-state index contributed by atoms with van der Waals surface area (Å²) >= 11 is 13.5. The third kappa shape index (κ3) is 4.30. The number of ether oxygens (including phenoxy) is 1. The van der Waals surface area contributed by atoms with Crippen molar-refractivity contribution in [1.82, 2.24) is 5.32 Å². The molecule has 2 aromatic rings. The zero-order valence-corrected chi connectivity index (χ0v) is 13.4. The van der Waals surface area contributed by atoms with Crippen molar-refractivity contribution >= 4 is 34.5 Å². The topological polar surface area (TPSA) is 21.3 Å². The van der Waals surface area contributed by atoms with Gasteiger partial charge in [0.2, 0.25) is 0 Å². The Bertz CT molecular complexity index is 589. The van der Waals surface area contributed by atoms with Crippen LogP contribution in [0.3, 0.4) is 0 Å². The molecular formula is C14H13Cl2F2NOS. The fourth-order valence-electron chi connectivity index (χ4n) is 2.00. The minimum absolute atomic E-state index is 0.124. The molecule has 0 saturated heterocycles. The summed E-state index contributed by atoms with van der Waals surface area (Å²) in [6.45, 7) is -0.127. The van der Waals surface area contributed by atoms with Gasteiger partial charge in [0.05, 0.1) is 14.7 Å². The van der Waals surface area contributed by atoms with Crippen LogP contribution in [0, 0.1) is 0 Å². The number of alkyl halides is 2. The molecule has 1 unspecified atom stereocenters. The van der Waals surface area contributed by atoms with Gasteiger partial charge in [-0.15, -0.1) is 11.3 Å². The number of hydrogen-bond donors (Lipinski definition) is 1. The highest BCUT2D eigenvalue weighted by molar-refractivity contribution is 7.20. The van der Waals surface area contributed by atoms with Crippen molar-refractivity contribution in [3.8, 4) is 5.75 Å². The van der Waals surface area contributed by atoms with E-state index in [1.807, 2.05) is 13.0 Å². The number of benzene rings is 1. The highest BCUT2D eigenvalue weighted by Gasteiger charge is 2.19. The molecule has 0 saturated carbocycles. The van der Waals surface area contributed by atoms with E-state index in [0.717, 1.165) is 17.7 Å². The van der Waals surface area contributed by atoms with Crippen LogP contribution < -0.4 is 10.1 Å². The monoisotopic (exact) mass is 351 g/mol. The maximum absolute atomic E-state index is 12.2. The standard InChI is InChI=1S/C14H13Cl2F2NOS/c1-2-19-12(10-7-11(15)21-13(10)16)8-3-5-9(6-4-8)20-14(17)18/h3-7,12,14,19H,2H2,1H3. The van der Waals surface area contributed by atoms with Gasteiger partial charge in [0.1, 0.15) is 5.75 Å². The van der Waals surface area contributed by atoms with Crippen LogP contribution in [0.5, 0.6) is 5.75 Å². The van der Waals surface area contributed by atoms with Gasteiger partial charge in [-0.3, -0.25) is 0 Å². The highest BCUT2D eigenvalue weighted by atomic mass is 35.5. The lowest BCUT2D eigenvalue weighted by molar-refractivity contribution is -0.0498. The zero-order valence-electron chi connectivity index (χ0n) is 11.1. The lowest BCUT2D eigenvalue weighted by atomic mass is 10.0. The first-order valence-electron chi connectivity index (χ1n) is 6.24. The fourth-order valence-corrected chi connectivity index (χ4v) is 3.54. The third-order valence-electron chi connectivity index (χ3n) is 2.84. The lowest BCUT2D eigenvalue weighted by Crippen LogP contribution is -2.21. The van der Waals surface area contributed by atoms with Gasteiger partial charge in [0.15, 0.2) is 0 Å². The number of rotatable bonds is 6. The van der Waals surface area contributed by atoms with Crippen LogP contribution in [0.15, 0.2) is 30.3 Å². The van der Waals surface area contributed by atoms with Gasteiger partial charge in [0, 0.05) is 5.56 Å². The van der Waals surface area contributed by atoms with Crippen LogP contribution >= 0.6 is 34.5 Å². The fraction of sp³-hybridized carbons (Fsp3) is 0.286. The van der Waals surface area contributed by atoms with Gasteiger partial charge >= 0.3 is 6.61 Å². The molecule has 0 aliphatic carbocycles. The highest BCUT2D eigenvalue weighted by Crippen LogP contribution is 2.37. The molecule has 1 aromatic heterocycles. The summed E-state index contributed by atoms with van der Waals surface area (Å²) in [6, 6.07) is 8.14. The van der Waals surface area contributed by atoms with E-state index in [4.69, 9.17) is 23.2 Å². The molecule has 21 heavy (non-hydrogen) atoms. The summed E-state index contributed by atoms with van der Waals surface area (Å²) < 4.78 is 29.9. The average Bonchev–Trinajstić information content (AvgIpc) is 2.75. The molecule has 0 spiro atoms. The normalized spacial score (nSPS) is 12.7. The van der Waals surface area contributed by atoms with E-state index >= 15 is 0 Å². The molecule has 114 valence electrons. The van der Waals surface area contributed by atoms with E-state index in [9.17, 15) is 8.78 Å². The smallest absolute Gasteiger partial charge is 0.387 e. The van der Waals surface area contributed by atoms with E-state index in [2.05, 4.69) is 10.1 Å². The number of halogens is 4. The van der Waals surface area contributed by atoms with E-state index in [-0.39, 0.29) is 11.8 Å². The summed E-state index contributed by atoms with van der Waals surface area (Å²) in [4.78, 5) is 0. The molecule has 1 aromatic carbocycles. The first kappa shape index (κ1) is 16.5. The molecule has 0 radical (unpaired) electrons. The Morgan fingerprint density at radius 3 is 2.38 bits per heavy atom. The summed E-state index contributed by atoms with van der Waals surface area (Å²) in [5, 5.41) is 3.30. The summed E-state index contributed by atoms with van der Waals surface area (Å²) in [6.07, 6.45) is 0. The summed E-state index contributed by atoms with van der Waals surface area (Å²) in [5.74, 6) is 0.124. The van der Waals surface area contributed by atoms with E-state index in [1.165, 1.54) is 23.5 Å². The second-order valence-electron chi connectivity index (χ2n) is 4.22. The largest absolute Gasteiger partial charge is 0.435 e. The Labute approximate surface area is 135 Å². The molecule has 0 fully saturated rings. The Morgan fingerprint density at radius 1 is 1.24 bits per heavy atom. The van der Waals surface area contributed by atoms with Crippen molar-refractivity contribution in [2.45, 2.75) is 19.6 Å². The van der Waals surface area contributed by atoms with Gasteiger partial charge in [0.25, 0.3) is 0 Å². The molecular weight excluding hydrogens is 339 g/mol. The molecule has 2 rings (SSSR count). The quantitative estimate of drug-likeness (QED) is 0.756. The summed E-state index contributed by atoms with van der Waals surface area (Å²) in [5.41, 5.74) is 1.77. The predicted octanol–water partition coefficient (Wildman–Crippen LogP) is 5.36. The number of thiophene rings is 1. The maximum Gasteiger partial charge on any atom is 0.387 e. The van der Waals surface area contributed by atoms with Crippen LogP contribution in [0.1, 0.15) is 24.1 Å². The third-order valence-corrected chi connectivity index (χ3v) is 4.36. The Morgan fingerprint density at radius 2 is 1.90 bits per heavy atom. The van der Waals surface area contributed by atoms with Crippen molar-refractivity contribution < 1.29 is 13.5 Å². The molecule has 0 aliphatic rings. The maximum atomic E-state index is 12.2. The SMILES string of the molecule is CCNC(c1ccc(OC(F)F)cc1)c1cc(Cl)sc1Cl.